The second kappa shape index (κ2) is 3.85. The summed E-state index contributed by atoms with van der Waals surface area (Å²) in [7, 11) is 0. The number of phenolic OH excluding ortho intramolecular Hbond substituents is 1. The summed E-state index contributed by atoms with van der Waals surface area (Å²) in [5, 5.41) is 17.4. The average molecular weight is 167 g/mol. The molecule has 0 saturated heterocycles. The smallest absolute Gasteiger partial charge is 0.150 e. The third kappa shape index (κ3) is 1.81. The maximum absolute atomic E-state index is 10.4. The highest BCUT2D eigenvalue weighted by Gasteiger charge is 2.01. The number of rotatable bonds is 3. The average Bonchev–Trinajstić information content (AvgIpc) is 2.08. The zero-order valence-corrected chi connectivity index (χ0v) is 6.32. The van der Waals surface area contributed by atoms with Crippen LogP contribution in [-0.2, 0) is 6.54 Å². The normalized spacial score (nSPS) is 9.75. The Morgan fingerprint density at radius 1 is 1.50 bits per heavy atom. The van der Waals surface area contributed by atoms with Crippen LogP contribution in [0, 0.1) is 0 Å². The summed E-state index contributed by atoms with van der Waals surface area (Å²) in [6.07, 6.45) is 0.631. The Morgan fingerprint density at radius 3 is 2.83 bits per heavy atom. The van der Waals surface area contributed by atoms with Gasteiger partial charge in [0, 0.05) is 12.1 Å². The summed E-state index contributed by atoms with van der Waals surface area (Å²) in [5.41, 5.74) is 2.95. The molecule has 1 aromatic carbocycles. The highest BCUT2D eigenvalue weighted by Crippen LogP contribution is 2.14. The van der Waals surface area contributed by atoms with Crippen LogP contribution in [0.15, 0.2) is 18.2 Å². The molecule has 0 aliphatic carbocycles. The first-order valence-corrected chi connectivity index (χ1v) is 3.42. The minimum Gasteiger partial charge on any atom is -0.508 e. The van der Waals surface area contributed by atoms with Gasteiger partial charge >= 0.3 is 0 Å². The second-order valence-corrected chi connectivity index (χ2v) is 2.34. The van der Waals surface area contributed by atoms with Crippen molar-refractivity contribution in [3.8, 4) is 5.75 Å². The number of hydroxylamine groups is 1. The zero-order valence-electron chi connectivity index (χ0n) is 6.32. The number of benzene rings is 1. The molecule has 0 heterocycles. The molecule has 12 heavy (non-hydrogen) atoms. The number of carbonyl (C=O) groups is 1. The van der Waals surface area contributed by atoms with Crippen LogP contribution in [0.4, 0.5) is 0 Å². The fraction of sp³-hybridized carbons (Fsp3) is 0.125. The lowest BCUT2D eigenvalue weighted by molar-refractivity contribution is 0.112. The molecule has 0 aliphatic rings. The molecule has 0 aromatic heterocycles. The third-order valence-corrected chi connectivity index (χ3v) is 1.53. The van der Waals surface area contributed by atoms with E-state index in [1.165, 1.54) is 12.1 Å². The molecule has 1 rings (SSSR count). The number of aromatic hydroxyl groups is 1. The summed E-state index contributed by atoms with van der Waals surface area (Å²) >= 11 is 0. The highest BCUT2D eigenvalue weighted by atomic mass is 16.5. The lowest BCUT2D eigenvalue weighted by Gasteiger charge is -2.02. The first kappa shape index (κ1) is 8.70. The van der Waals surface area contributed by atoms with Gasteiger partial charge < -0.3 is 10.3 Å². The molecule has 0 spiro atoms. The molecule has 64 valence electrons. The van der Waals surface area contributed by atoms with Crippen LogP contribution >= 0.6 is 0 Å². The predicted octanol–water partition coefficient (Wildman–Crippen LogP) is 0.683. The molecule has 0 unspecified atom stereocenters. The zero-order chi connectivity index (χ0) is 8.97. The molecule has 0 atom stereocenters. The molecule has 0 radical (unpaired) electrons. The summed E-state index contributed by atoms with van der Waals surface area (Å²) in [6.45, 7) is 0.189. The van der Waals surface area contributed by atoms with Crippen molar-refractivity contribution in [2.45, 2.75) is 6.54 Å². The van der Waals surface area contributed by atoms with Crippen molar-refractivity contribution in [3.05, 3.63) is 29.3 Å². The van der Waals surface area contributed by atoms with Gasteiger partial charge in [0.15, 0.2) is 6.29 Å². The SMILES string of the molecule is O=Cc1cc(O)ccc1CNO. The van der Waals surface area contributed by atoms with Crippen molar-refractivity contribution >= 4 is 6.29 Å². The van der Waals surface area contributed by atoms with E-state index in [2.05, 4.69) is 0 Å². The monoisotopic (exact) mass is 167 g/mol. The van der Waals surface area contributed by atoms with Gasteiger partial charge in [0.05, 0.1) is 0 Å². The molecular formula is C8H9NO3. The second-order valence-electron chi connectivity index (χ2n) is 2.34. The van der Waals surface area contributed by atoms with Gasteiger partial charge in [-0.3, -0.25) is 4.79 Å². The molecule has 3 N–H and O–H groups in total. The maximum Gasteiger partial charge on any atom is 0.150 e. The number of aldehydes is 1. The van der Waals surface area contributed by atoms with E-state index in [-0.39, 0.29) is 12.3 Å². The van der Waals surface area contributed by atoms with Crippen molar-refractivity contribution in [2.75, 3.05) is 0 Å². The molecule has 0 aliphatic heterocycles. The van der Waals surface area contributed by atoms with E-state index in [1.807, 2.05) is 5.48 Å². The summed E-state index contributed by atoms with van der Waals surface area (Å²) in [4.78, 5) is 10.4. The fourth-order valence-electron chi connectivity index (χ4n) is 0.938. The molecule has 1 aromatic rings. The van der Waals surface area contributed by atoms with E-state index in [1.54, 1.807) is 6.07 Å². The van der Waals surface area contributed by atoms with Gasteiger partial charge in [0.2, 0.25) is 0 Å². The number of hydrogen-bond donors (Lipinski definition) is 3. The highest BCUT2D eigenvalue weighted by molar-refractivity contribution is 5.78. The number of phenols is 1. The van der Waals surface area contributed by atoms with Gasteiger partial charge in [-0.1, -0.05) is 6.07 Å². The van der Waals surface area contributed by atoms with E-state index < -0.39 is 0 Å². The first-order chi connectivity index (χ1) is 5.77. The van der Waals surface area contributed by atoms with E-state index in [0.29, 0.717) is 17.4 Å². The number of nitrogens with one attached hydrogen (secondary N) is 1. The van der Waals surface area contributed by atoms with Crippen LogP contribution in [0.2, 0.25) is 0 Å². The minimum absolute atomic E-state index is 0.0405. The molecule has 0 saturated carbocycles. The van der Waals surface area contributed by atoms with Crippen LogP contribution in [0.1, 0.15) is 15.9 Å². The Hall–Kier alpha value is -1.39. The Balaban J connectivity index is 3.02. The summed E-state index contributed by atoms with van der Waals surface area (Å²) in [5.74, 6) is 0.0405. The van der Waals surface area contributed by atoms with Crippen LogP contribution in [-0.4, -0.2) is 16.6 Å². The van der Waals surface area contributed by atoms with Crippen molar-refractivity contribution in [2.24, 2.45) is 0 Å². The largest absolute Gasteiger partial charge is 0.508 e. The van der Waals surface area contributed by atoms with Crippen molar-refractivity contribution in [3.63, 3.8) is 0 Å². The third-order valence-electron chi connectivity index (χ3n) is 1.53. The van der Waals surface area contributed by atoms with Crippen LogP contribution in [0.3, 0.4) is 0 Å². The molecule has 0 fully saturated rings. The lowest BCUT2D eigenvalue weighted by atomic mass is 10.1. The lowest BCUT2D eigenvalue weighted by Crippen LogP contribution is -2.08. The van der Waals surface area contributed by atoms with Gasteiger partial charge in [0.25, 0.3) is 0 Å². The van der Waals surface area contributed by atoms with Gasteiger partial charge in [-0.25, -0.2) is 5.48 Å². The molecule has 4 heteroatoms. The number of hydrogen-bond acceptors (Lipinski definition) is 4. The Morgan fingerprint density at radius 2 is 2.25 bits per heavy atom. The van der Waals surface area contributed by atoms with Gasteiger partial charge in [-0.05, 0) is 17.7 Å². The van der Waals surface area contributed by atoms with Crippen LogP contribution < -0.4 is 5.48 Å². The Kier molecular flexibility index (Phi) is 2.79. The molecule has 0 amide bonds. The fourth-order valence-corrected chi connectivity index (χ4v) is 0.938. The van der Waals surface area contributed by atoms with Crippen molar-refractivity contribution in [1.82, 2.24) is 5.48 Å². The Bertz CT molecular complexity index is 286. The molecular weight excluding hydrogens is 158 g/mol. The van der Waals surface area contributed by atoms with E-state index in [4.69, 9.17) is 10.3 Å². The first-order valence-electron chi connectivity index (χ1n) is 3.42. The van der Waals surface area contributed by atoms with Crippen LogP contribution in [0.5, 0.6) is 5.75 Å². The van der Waals surface area contributed by atoms with Gasteiger partial charge in [-0.15, -0.1) is 0 Å². The summed E-state index contributed by atoms with van der Waals surface area (Å²) < 4.78 is 0. The molecule has 4 nitrogen and oxygen atoms in total. The minimum atomic E-state index is 0.0405. The van der Waals surface area contributed by atoms with Crippen molar-refractivity contribution < 1.29 is 15.1 Å². The van der Waals surface area contributed by atoms with E-state index in [0.717, 1.165) is 0 Å². The van der Waals surface area contributed by atoms with Crippen molar-refractivity contribution in [1.29, 1.82) is 0 Å². The van der Waals surface area contributed by atoms with E-state index >= 15 is 0 Å². The topological polar surface area (TPSA) is 69.6 Å². The standard InChI is InChI=1S/C8H9NO3/c10-5-7-3-8(11)2-1-6(7)4-9-12/h1-3,5,9,11-12H,4H2. The van der Waals surface area contributed by atoms with Gasteiger partial charge in [0.1, 0.15) is 5.75 Å². The Labute approximate surface area is 69.4 Å². The maximum atomic E-state index is 10.4. The van der Waals surface area contributed by atoms with Crippen LogP contribution in [0.25, 0.3) is 0 Å². The quantitative estimate of drug-likeness (QED) is 0.457. The molecule has 0 bridgehead atoms. The summed E-state index contributed by atoms with van der Waals surface area (Å²) in [6, 6.07) is 4.38. The van der Waals surface area contributed by atoms with E-state index in [9.17, 15) is 4.79 Å². The predicted molar refractivity (Wildman–Crippen MR) is 42.1 cm³/mol. The van der Waals surface area contributed by atoms with Gasteiger partial charge in [-0.2, -0.15) is 0 Å². The number of carbonyl (C=O) groups excluding carboxylic acids is 1.